The van der Waals surface area contributed by atoms with E-state index < -0.39 is 26.9 Å². The Morgan fingerprint density at radius 2 is 2.00 bits per heavy atom. The van der Waals surface area contributed by atoms with E-state index in [0.29, 0.717) is 0 Å². The molecule has 0 amide bonds. The van der Waals surface area contributed by atoms with Gasteiger partial charge >= 0.3 is 11.1 Å². The summed E-state index contributed by atoms with van der Waals surface area (Å²) in [4.78, 5) is 10.3. The van der Waals surface area contributed by atoms with Crippen LogP contribution in [0.3, 0.4) is 0 Å². The molecule has 0 unspecified atom stereocenters. The molecule has 0 bridgehead atoms. The van der Waals surface area contributed by atoms with Gasteiger partial charge in [0.15, 0.2) is 5.75 Å². The van der Waals surface area contributed by atoms with Crippen molar-refractivity contribution in [2.24, 2.45) is 7.05 Å². The second-order valence-corrected chi connectivity index (χ2v) is 5.89. The molecule has 1 aromatic heterocycles. The molecule has 0 spiro atoms. The van der Waals surface area contributed by atoms with E-state index in [0.717, 1.165) is 16.8 Å². The van der Waals surface area contributed by atoms with Gasteiger partial charge < -0.3 is 9.47 Å². The number of aromatic nitrogens is 2. The van der Waals surface area contributed by atoms with Crippen molar-refractivity contribution in [3.63, 3.8) is 0 Å². The molecule has 7 nitrogen and oxygen atoms in total. The molecular weight excluding hydrogens is 407 g/mol. The van der Waals surface area contributed by atoms with Crippen molar-refractivity contribution in [3.05, 3.63) is 38.0 Å². The highest BCUT2D eigenvalue weighted by atomic mass is 35.5. The molecule has 0 N–H and O–H groups in total. The van der Waals surface area contributed by atoms with Crippen molar-refractivity contribution < 1.29 is 23.2 Å². The maximum atomic E-state index is 13.4. The van der Waals surface area contributed by atoms with Crippen molar-refractivity contribution in [2.75, 3.05) is 6.61 Å². The number of ether oxygens (including phenoxy) is 2. The summed E-state index contributed by atoms with van der Waals surface area (Å²) in [5.74, 6) is -0.611. The fraction of sp³-hybridized carbons (Fsp3) is 0.308. The Kier molecular flexibility index (Phi) is 5.60. The van der Waals surface area contributed by atoms with Crippen molar-refractivity contribution in [3.8, 4) is 17.4 Å². The molecule has 25 heavy (non-hydrogen) atoms. The molecule has 2 rings (SSSR count). The van der Waals surface area contributed by atoms with Crippen LogP contribution in [0.15, 0.2) is 12.1 Å². The molecule has 2 aromatic rings. The van der Waals surface area contributed by atoms with Crippen LogP contribution in [0.4, 0.5) is 14.5 Å². The summed E-state index contributed by atoms with van der Waals surface area (Å²) in [6, 6.07) is 2.16. The van der Waals surface area contributed by atoms with Gasteiger partial charge in [0, 0.05) is 19.2 Å². The second-order valence-electron chi connectivity index (χ2n) is 4.63. The summed E-state index contributed by atoms with van der Waals surface area (Å²) in [6.45, 7) is 1.78. The SMILES string of the molecule is CCOc1cc(Oc2nn(C)c(C(F)(F)Cl)c2Cl)c(Cl)cc1[N+](=O)[O-]. The number of halogens is 5. The van der Waals surface area contributed by atoms with E-state index in [4.69, 9.17) is 44.3 Å². The van der Waals surface area contributed by atoms with Crippen LogP contribution in [0.1, 0.15) is 12.6 Å². The standard InChI is InChI=1S/C13H10Cl3F2N3O4/c1-3-24-9-5-8(6(14)4-7(9)21(22)23)25-12-10(15)11(13(16,17)18)20(2)19-12/h4-5H,3H2,1-2H3. The summed E-state index contributed by atoms with van der Waals surface area (Å²) >= 11 is 16.8. The van der Waals surface area contributed by atoms with Gasteiger partial charge in [-0.15, -0.1) is 5.10 Å². The molecule has 0 fully saturated rings. The van der Waals surface area contributed by atoms with Gasteiger partial charge in [-0.25, -0.2) is 0 Å². The molecule has 0 radical (unpaired) electrons. The minimum absolute atomic E-state index is 0.109. The van der Waals surface area contributed by atoms with E-state index in [9.17, 15) is 18.9 Å². The largest absolute Gasteiger partial charge is 0.487 e. The van der Waals surface area contributed by atoms with E-state index in [2.05, 4.69) is 5.10 Å². The predicted octanol–water partition coefficient (Wildman–Crippen LogP) is 5.11. The van der Waals surface area contributed by atoms with Gasteiger partial charge in [0.2, 0.25) is 5.75 Å². The number of hydrogen-bond acceptors (Lipinski definition) is 5. The number of alkyl halides is 3. The van der Waals surface area contributed by atoms with Crippen LogP contribution in [-0.4, -0.2) is 21.3 Å². The summed E-state index contributed by atoms with van der Waals surface area (Å²) in [6.07, 6.45) is 0. The summed E-state index contributed by atoms with van der Waals surface area (Å²) in [7, 11) is 1.20. The number of nitro benzene ring substituents is 1. The van der Waals surface area contributed by atoms with Crippen LogP contribution in [0.2, 0.25) is 10.0 Å². The van der Waals surface area contributed by atoms with Crippen molar-refractivity contribution >= 4 is 40.5 Å². The Hall–Kier alpha value is -1.84. The number of aryl methyl sites for hydroxylation is 1. The van der Waals surface area contributed by atoms with E-state index >= 15 is 0 Å². The molecule has 0 aliphatic carbocycles. The maximum absolute atomic E-state index is 13.4. The van der Waals surface area contributed by atoms with Crippen LogP contribution < -0.4 is 9.47 Å². The Balaban J connectivity index is 2.48. The first kappa shape index (κ1) is 19.5. The van der Waals surface area contributed by atoms with Crippen LogP contribution in [-0.2, 0) is 12.4 Å². The Morgan fingerprint density at radius 1 is 1.36 bits per heavy atom. The number of nitro groups is 1. The van der Waals surface area contributed by atoms with Crippen molar-refractivity contribution in [2.45, 2.75) is 12.3 Å². The number of nitrogens with zero attached hydrogens (tertiary/aromatic N) is 3. The minimum atomic E-state index is -3.77. The van der Waals surface area contributed by atoms with E-state index in [1.165, 1.54) is 7.05 Å². The zero-order valence-electron chi connectivity index (χ0n) is 12.7. The predicted molar refractivity (Wildman–Crippen MR) is 87.3 cm³/mol. The molecule has 0 saturated carbocycles. The van der Waals surface area contributed by atoms with Crippen molar-refractivity contribution in [1.82, 2.24) is 9.78 Å². The number of benzene rings is 1. The molecule has 12 heteroatoms. The topological polar surface area (TPSA) is 79.4 Å². The summed E-state index contributed by atoms with van der Waals surface area (Å²) in [5, 5.41) is 10.3. The van der Waals surface area contributed by atoms with E-state index in [-0.39, 0.29) is 28.8 Å². The van der Waals surface area contributed by atoms with Gasteiger partial charge in [-0.1, -0.05) is 23.2 Å². The van der Waals surface area contributed by atoms with Gasteiger partial charge in [0.05, 0.1) is 16.6 Å². The molecule has 136 valence electrons. The highest BCUT2D eigenvalue weighted by Crippen LogP contribution is 2.44. The molecule has 1 heterocycles. The third-order valence-corrected chi connectivity index (χ3v) is 3.76. The highest BCUT2D eigenvalue weighted by Gasteiger charge is 2.37. The monoisotopic (exact) mass is 415 g/mol. The van der Waals surface area contributed by atoms with Gasteiger partial charge in [-0.3, -0.25) is 14.8 Å². The zero-order chi connectivity index (χ0) is 18.9. The molecule has 1 aromatic carbocycles. The summed E-state index contributed by atoms with van der Waals surface area (Å²) < 4.78 is 38.0. The lowest BCUT2D eigenvalue weighted by molar-refractivity contribution is -0.385. The molecular formula is C13H10Cl3F2N3O4. The van der Waals surface area contributed by atoms with Gasteiger partial charge in [0.1, 0.15) is 10.7 Å². The molecule has 0 aliphatic rings. The van der Waals surface area contributed by atoms with Gasteiger partial charge in [-0.2, -0.15) is 8.78 Å². The fourth-order valence-electron chi connectivity index (χ4n) is 1.97. The first-order valence-electron chi connectivity index (χ1n) is 6.64. The highest BCUT2D eigenvalue weighted by molar-refractivity contribution is 6.34. The minimum Gasteiger partial charge on any atom is -0.487 e. The lowest BCUT2D eigenvalue weighted by Gasteiger charge is -2.10. The Bertz CT molecular complexity index is 824. The lowest BCUT2D eigenvalue weighted by Crippen LogP contribution is -2.10. The normalized spacial score (nSPS) is 11.5. The van der Waals surface area contributed by atoms with Gasteiger partial charge in [-0.05, 0) is 18.5 Å². The van der Waals surface area contributed by atoms with Crippen LogP contribution in [0.5, 0.6) is 17.4 Å². The van der Waals surface area contributed by atoms with E-state index in [1.54, 1.807) is 6.92 Å². The average Bonchev–Trinajstić information content (AvgIpc) is 2.76. The fourth-order valence-corrected chi connectivity index (χ4v) is 2.75. The Morgan fingerprint density at radius 3 is 2.48 bits per heavy atom. The number of rotatable bonds is 6. The third-order valence-electron chi connectivity index (χ3n) is 2.95. The molecule has 0 aliphatic heterocycles. The Labute approximate surface area is 155 Å². The van der Waals surface area contributed by atoms with Crippen LogP contribution in [0.25, 0.3) is 0 Å². The quantitative estimate of drug-likeness (QED) is 0.371. The average molecular weight is 417 g/mol. The summed E-state index contributed by atoms with van der Waals surface area (Å²) in [5.41, 5.74) is -1.15. The lowest BCUT2D eigenvalue weighted by atomic mass is 10.2. The molecule has 0 saturated heterocycles. The second kappa shape index (κ2) is 7.19. The smallest absolute Gasteiger partial charge is 0.366 e. The van der Waals surface area contributed by atoms with Crippen LogP contribution in [0, 0.1) is 10.1 Å². The first-order valence-corrected chi connectivity index (χ1v) is 7.77. The maximum Gasteiger partial charge on any atom is 0.366 e. The zero-order valence-corrected chi connectivity index (χ0v) is 15.0. The van der Waals surface area contributed by atoms with Crippen molar-refractivity contribution in [1.29, 1.82) is 0 Å². The van der Waals surface area contributed by atoms with E-state index in [1.807, 2.05) is 0 Å². The number of hydrogen-bond donors (Lipinski definition) is 0. The van der Waals surface area contributed by atoms with Crippen LogP contribution >= 0.6 is 34.8 Å². The van der Waals surface area contributed by atoms with Gasteiger partial charge in [0.25, 0.3) is 5.88 Å². The third kappa shape index (κ3) is 4.05. The molecule has 0 atom stereocenters. The first-order chi connectivity index (χ1) is 11.6.